The summed E-state index contributed by atoms with van der Waals surface area (Å²) in [5.41, 5.74) is 0.662. The topological polar surface area (TPSA) is 88.6 Å². The molecule has 25 heavy (non-hydrogen) atoms. The highest BCUT2D eigenvalue weighted by molar-refractivity contribution is 7.91. The van der Waals surface area contributed by atoms with E-state index in [1.165, 1.54) is 0 Å². The lowest BCUT2D eigenvalue weighted by atomic mass is 9.99. The number of anilines is 2. The first-order valence-corrected chi connectivity index (χ1v) is 10.6. The molecule has 1 aromatic heterocycles. The van der Waals surface area contributed by atoms with Crippen molar-refractivity contribution >= 4 is 27.2 Å². The number of sulfone groups is 1. The van der Waals surface area contributed by atoms with E-state index in [0.717, 1.165) is 18.7 Å². The van der Waals surface area contributed by atoms with E-state index in [4.69, 9.17) is 4.74 Å². The minimum absolute atomic E-state index is 0.00656. The van der Waals surface area contributed by atoms with Crippen molar-refractivity contribution in [2.24, 2.45) is 5.92 Å². The molecule has 2 aliphatic rings. The normalized spacial score (nSPS) is 23.3. The lowest BCUT2D eigenvalue weighted by Crippen LogP contribution is -2.36. The monoisotopic (exact) mass is 367 g/mol. The number of nitrogens with one attached hydrogen (secondary N) is 1. The average molecular weight is 367 g/mol. The van der Waals surface area contributed by atoms with Gasteiger partial charge in [-0.15, -0.1) is 0 Å². The first kappa shape index (κ1) is 18.1. The first-order chi connectivity index (χ1) is 12.0. The highest BCUT2D eigenvalue weighted by atomic mass is 32.2. The van der Waals surface area contributed by atoms with Crippen LogP contribution in [0.15, 0.2) is 18.3 Å². The molecule has 1 N–H and O–H groups in total. The number of ether oxygens (including phenoxy) is 1. The van der Waals surface area contributed by atoms with Crippen LogP contribution in [0.2, 0.25) is 0 Å². The minimum Gasteiger partial charge on any atom is -0.381 e. The van der Waals surface area contributed by atoms with E-state index in [2.05, 4.69) is 10.3 Å². The molecule has 3 rings (SSSR count). The number of aromatic nitrogens is 1. The molecular weight excluding hydrogens is 342 g/mol. The summed E-state index contributed by atoms with van der Waals surface area (Å²) in [6.45, 7) is 3.95. The van der Waals surface area contributed by atoms with Gasteiger partial charge in [0.15, 0.2) is 9.84 Å². The van der Waals surface area contributed by atoms with Crippen molar-refractivity contribution in [3.05, 3.63) is 18.3 Å². The Labute approximate surface area is 148 Å². The summed E-state index contributed by atoms with van der Waals surface area (Å²) in [6.07, 6.45) is 3.77. The van der Waals surface area contributed by atoms with Gasteiger partial charge in [-0.05, 0) is 38.3 Å². The predicted octanol–water partition coefficient (Wildman–Crippen LogP) is 1.46. The fourth-order valence-electron chi connectivity index (χ4n) is 3.46. The zero-order valence-electron chi connectivity index (χ0n) is 14.5. The van der Waals surface area contributed by atoms with E-state index in [9.17, 15) is 13.2 Å². The number of hydrogen-bond acceptors (Lipinski definition) is 6. The molecule has 1 atom stereocenters. The third-order valence-corrected chi connectivity index (χ3v) is 6.64. The fourth-order valence-corrected chi connectivity index (χ4v) is 5.19. The Morgan fingerprint density at radius 2 is 2.08 bits per heavy atom. The van der Waals surface area contributed by atoms with Crippen LogP contribution in [-0.2, 0) is 19.4 Å². The molecule has 8 heteroatoms. The summed E-state index contributed by atoms with van der Waals surface area (Å²) >= 11 is 0. The zero-order chi connectivity index (χ0) is 17.9. The van der Waals surface area contributed by atoms with Crippen LogP contribution in [-0.4, -0.2) is 56.6 Å². The Morgan fingerprint density at radius 1 is 1.32 bits per heavy atom. The molecule has 138 valence electrons. The van der Waals surface area contributed by atoms with Gasteiger partial charge in [0, 0.05) is 31.7 Å². The van der Waals surface area contributed by atoms with E-state index < -0.39 is 9.84 Å². The average Bonchev–Trinajstić information content (AvgIpc) is 2.97. The van der Waals surface area contributed by atoms with Crippen LogP contribution in [0.25, 0.3) is 0 Å². The van der Waals surface area contributed by atoms with Crippen LogP contribution < -0.4 is 10.2 Å². The van der Waals surface area contributed by atoms with Gasteiger partial charge >= 0.3 is 0 Å². The van der Waals surface area contributed by atoms with Gasteiger partial charge in [0.1, 0.15) is 5.82 Å². The van der Waals surface area contributed by atoms with Crippen LogP contribution >= 0.6 is 0 Å². The second kappa shape index (κ2) is 7.70. The second-order valence-electron chi connectivity index (χ2n) is 6.62. The van der Waals surface area contributed by atoms with Gasteiger partial charge in [0.05, 0.1) is 23.4 Å². The molecular formula is C17H25N3O4S. The highest BCUT2D eigenvalue weighted by Crippen LogP contribution is 2.24. The van der Waals surface area contributed by atoms with Gasteiger partial charge in [-0.1, -0.05) is 0 Å². The first-order valence-electron chi connectivity index (χ1n) is 8.80. The molecule has 0 spiro atoms. The minimum atomic E-state index is -2.93. The van der Waals surface area contributed by atoms with Crippen molar-refractivity contribution in [2.45, 2.75) is 32.2 Å². The van der Waals surface area contributed by atoms with Crippen LogP contribution in [0.4, 0.5) is 11.5 Å². The Hall–Kier alpha value is -1.67. The summed E-state index contributed by atoms with van der Waals surface area (Å²) < 4.78 is 28.7. The van der Waals surface area contributed by atoms with Gasteiger partial charge in [0.2, 0.25) is 5.91 Å². The molecule has 0 bridgehead atoms. The Kier molecular flexibility index (Phi) is 5.58. The van der Waals surface area contributed by atoms with Crippen LogP contribution in [0.1, 0.15) is 26.2 Å². The molecule has 0 aliphatic carbocycles. The summed E-state index contributed by atoms with van der Waals surface area (Å²) in [4.78, 5) is 18.7. The molecule has 2 saturated heterocycles. The molecule has 7 nitrogen and oxygen atoms in total. The summed E-state index contributed by atoms with van der Waals surface area (Å²) in [5, 5.41) is 2.91. The summed E-state index contributed by atoms with van der Waals surface area (Å²) in [6, 6.07) is 3.64. The highest BCUT2D eigenvalue weighted by Gasteiger charge is 2.32. The van der Waals surface area contributed by atoms with Crippen LogP contribution in [0.3, 0.4) is 0 Å². The van der Waals surface area contributed by atoms with E-state index in [1.54, 1.807) is 6.20 Å². The van der Waals surface area contributed by atoms with E-state index in [1.807, 2.05) is 24.0 Å². The molecule has 0 aromatic carbocycles. The molecule has 2 fully saturated rings. The maximum atomic E-state index is 12.3. The number of carbonyl (C=O) groups excluding carboxylic acids is 1. The second-order valence-corrected chi connectivity index (χ2v) is 8.85. The number of nitrogens with zero attached hydrogens (tertiary/aromatic N) is 2. The quantitative estimate of drug-likeness (QED) is 0.848. The van der Waals surface area contributed by atoms with Crippen LogP contribution in [0, 0.1) is 5.92 Å². The zero-order valence-corrected chi connectivity index (χ0v) is 15.3. The van der Waals surface area contributed by atoms with Crippen molar-refractivity contribution in [1.29, 1.82) is 0 Å². The lowest BCUT2D eigenvalue weighted by Gasteiger charge is -2.28. The van der Waals surface area contributed by atoms with Crippen molar-refractivity contribution in [2.75, 3.05) is 41.5 Å². The molecule has 0 saturated carbocycles. The Morgan fingerprint density at radius 3 is 2.64 bits per heavy atom. The standard InChI is InChI=1S/C17H25N3O4S/c1-2-20(15-7-10-25(22,23)12-15)16-4-3-14(11-18-16)19-17(21)13-5-8-24-9-6-13/h3-4,11,13,15H,2,5-10,12H2,1H3,(H,19,21). The third-order valence-electron chi connectivity index (χ3n) is 4.89. The molecule has 1 unspecified atom stereocenters. The van der Waals surface area contributed by atoms with E-state index >= 15 is 0 Å². The summed E-state index contributed by atoms with van der Waals surface area (Å²) in [5.74, 6) is 1.17. The number of rotatable bonds is 5. The van der Waals surface area contributed by atoms with Gasteiger partial charge < -0.3 is 15.0 Å². The van der Waals surface area contributed by atoms with Gasteiger partial charge in [0.25, 0.3) is 0 Å². The van der Waals surface area contributed by atoms with Crippen molar-refractivity contribution in [1.82, 2.24) is 4.98 Å². The van der Waals surface area contributed by atoms with Gasteiger partial charge in [-0.3, -0.25) is 4.79 Å². The summed E-state index contributed by atoms with van der Waals surface area (Å²) in [7, 11) is -2.93. The molecule has 2 aliphatic heterocycles. The predicted molar refractivity (Wildman–Crippen MR) is 96.5 cm³/mol. The van der Waals surface area contributed by atoms with Crippen LogP contribution in [0.5, 0.6) is 0 Å². The van der Waals surface area contributed by atoms with Gasteiger partial charge in [-0.25, -0.2) is 13.4 Å². The maximum absolute atomic E-state index is 12.3. The van der Waals surface area contributed by atoms with Crippen molar-refractivity contribution in [3.63, 3.8) is 0 Å². The number of pyridine rings is 1. The molecule has 1 amide bonds. The fraction of sp³-hybridized carbons (Fsp3) is 0.647. The maximum Gasteiger partial charge on any atom is 0.227 e. The third kappa shape index (κ3) is 4.49. The molecule has 1 aromatic rings. The van der Waals surface area contributed by atoms with E-state index in [0.29, 0.717) is 31.9 Å². The lowest BCUT2D eigenvalue weighted by molar-refractivity contribution is -0.122. The van der Waals surface area contributed by atoms with E-state index in [-0.39, 0.29) is 29.4 Å². The number of amides is 1. The van der Waals surface area contributed by atoms with Crippen molar-refractivity contribution in [3.8, 4) is 0 Å². The number of carbonyl (C=O) groups is 1. The number of hydrogen-bond donors (Lipinski definition) is 1. The van der Waals surface area contributed by atoms with Crippen molar-refractivity contribution < 1.29 is 17.9 Å². The largest absolute Gasteiger partial charge is 0.381 e. The Bertz CT molecular complexity index is 699. The Balaban J connectivity index is 1.63. The van der Waals surface area contributed by atoms with Gasteiger partial charge in [-0.2, -0.15) is 0 Å². The molecule has 3 heterocycles. The smallest absolute Gasteiger partial charge is 0.227 e. The molecule has 0 radical (unpaired) electrons. The SMILES string of the molecule is CCN(c1ccc(NC(=O)C2CCOCC2)cn1)C1CCS(=O)(=O)C1.